The molecule has 11 heteroatoms. The molecule has 1 N–H and O–H groups in total. The number of amides is 1. The van der Waals surface area contributed by atoms with Gasteiger partial charge in [0.05, 0.1) is 30.4 Å². The molecule has 0 spiro atoms. The normalized spacial score (nSPS) is 45.0. The average molecular weight is 620 g/mol. The lowest BCUT2D eigenvalue weighted by atomic mass is 9.74. The minimum Gasteiger partial charge on any atom is -0.450 e. The van der Waals surface area contributed by atoms with Gasteiger partial charge in [-0.3, -0.25) is 9.89 Å². The highest BCUT2D eigenvalue weighted by atomic mass is 16.7. The van der Waals surface area contributed by atoms with Gasteiger partial charge in [-0.1, -0.05) is 33.4 Å². The number of carbonyl (C=O) groups is 2. The Bertz CT molecular complexity index is 1160. The number of rotatable bonds is 5. The molecule has 2 bridgehead atoms. The molecule has 4 rings (SSSR count). The number of hydrogen-bond donors (Lipinski definition) is 1. The van der Waals surface area contributed by atoms with E-state index in [4.69, 9.17) is 28.7 Å². The lowest BCUT2D eigenvalue weighted by molar-refractivity contribution is -0.294. The van der Waals surface area contributed by atoms with Crippen molar-refractivity contribution in [2.75, 3.05) is 34.3 Å². The Morgan fingerprint density at radius 2 is 1.89 bits per heavy atom. The molecule has 248 valence electrons. The Balaban J connectivity index is 1.81. The largest absolute Gasteiger partial charge is 0.450 e. The molecule has 4 heterocycles. The van der Waals surface area contributed by atoms with Crippen LogP contribution in [0.3, 0.4) is 0 Å². The Hall–Kier alpha value is -2.31. The molecule has 0 aromatic carbocycles. The second-order valence-corrected chi connectivity index (χ2v) is 13.8. The third-order valence-electron chi connectivity index (χ3n) is 10.2. The Labute approximate surface area is 262 Å². The summed E-state index contributed by atoms with van der Waals surface area (Å²) in [5, 5.41) is 11.3. The third-order valence-corrected chi connectivity index (χ3v) is 10.2. The summed E-state index contributed by atoms with van der Waals surface area (Å²) in [7, 11) is 5.53. The number of aliphatic imine (C=N–C) groups is 1. The molecular formula is C33H53N3O8. The smallest absolute Gasteiger partial charge is 0.411 e. The monoisotopic (exact) mass is 619 g/mol. The van der Waals surface area contributed by atoms with Crippen LogP contribution in [-0.4, -0.2) is 121 Å². The number of hydrogen-bond acceptors (Lipinski definition) is 10. The van der Waals surface area contributed by atoms with Crippen molar-refractivity contribution in [3.63, 3.8) is 0 Å². The van der Waals surface area contributed by atoms with E-state index < -0.39 is 53.9 Å². The van der Waals surface area contributed by atoms with Gasteiger partial charge in [0.25, 0.3) is 0 Å². The van der Waals surface area contributed by atoms with E-state index in [9.17, 15) is 14.7 Å². The number of fused-ring (bicyclic) bond motifs is 1. The van der Waals surface area contributed by atoms with E-state index in [1.165, 1.54) is 6.08 Å². The zero-order valence-corrected chi connectivity index (χ0v) is 28.1. The molecule has 4 aliphatic rings. The van der Waals surface area contributed by atoms with Gasteiger partial charge in [0.15, 0.2) is 18.0 Å². The fourth-order valence-corrected chi connectivity index (χ4v) is 7.96. The van der Waals surface area contributed by atoms with Crippen LogP contribution in [0.2, 0.25) is 0 Å². The molecule has 0 saturated carbocycles. The van der Waals surface area contributed by atoms with Crippen molar-refractivity contribution in [3.8, 4) is 0 Å². The number of aliphatic hydroxyl groups excluding tert-OH is 1. The van der Waals surface area contributed by atoms with Crippen molar-refractivity contribution in [3.05, 3.63) is 24.3 Å². The molecular weight excluding hydrogens is 566 g/mol. The number of esters is 1. The van der Waals surface area contributed by atoms with Gasteiger partial charge in [-0.15, -0.1) is 0 Å². The van der Waals surface area contributed by atoms with Crippen LogP contribution in [0.5, 0.6) is 0 Å². The lowest BCUT2D eigenvalue weighted by Crippen LogP contribution is -2.58. The first kappa shape index (κ1) is 34.6. The van der Waals surface area contributed by atoms with Gasteiger partial charge < -0.3 is 33.7 Å². The summed E-state index contributed by atoms with van der Waals surface area (Å²) in [5.74, 6) is -1.19. The molecule has 44 heavy (non-hydrogen) atoms. The van der Waals surface area contributed by atoms with Crippen LogP contribution < -0.4 is 0 Å². The Kier molecular flexibility index (Phi) is 10.4. The fraction of sp³-hybridized carbons (Fsp3) is 0.788. The first-order valence-electron chi connectivity index (χ1n) is 15.8. The molecule has 2 saturated heterocycles. The van der Waals surface area contributed by atoms with Crippen molar-refractivity contribution in [1.29, 1.82) is 0 Å². The summed E-state index contributed by atoms with van der Waals surface area (Å²) in [6.07, 6.45) is 0.654. The van der Waals surface area contributed by atoms with Gasteiger partial charge in [-0.25, -0.2) is 9.59 Å². The zero-order chi connectivity index (χ0) is 32.7. The number of ether oxygens (including phenoxy) is 5. The lowest BCUT2D eigenvalue weighted by Gasteiger charge is -2.47. The molecule has 1 amide bonds. The van der Waals surface area contributed by atoms with E-state index in [2.05, 4.69) is 13.5 Å². The molecule has 0 aromatic rings. The van der Waals surface area contributed by atoms with Gasteiger partial charge >= 0.3 is 12.1 Å². The van der Waals surface area contributed by atoms with Crippen molar-refractivity contribution in [1.82, 2.24) is 9.80 Å². The Morgan fingerprint density at radius 3 is 2.50 bits per heavy atom. The van der Waals surface area contributed by atoms with Crippen LogP contribution in [0, 0.1) is 17.8 Å². The molecule has 0 aromatic heterocycles. The van der Waals surface area contributed by atoms with Crippen LogP contribution >= 0.6 is 0 Å². The van der Waals surface area contributed by atoms with Crippen LogP contribution in [0.4, 0.5) is 4.79 Å². The first-order chi connectivity index (χ1) is 20.6. The van der Waals surface area contributed by atoms with Crippen LogP contribution in [0.15, 0.2) is 29.3 Å². The van der Waals surface area contributed by atoms with E-state index in [1.54, 1.807) is 18.9 Å². The maximum absolute atomic E-state index is 13.6. The zero-order valence-electron chi connectivity index (χ0n) is 28.1. The van der Waals surface area contributed by atoms with Crippen molar-refractivity contribution in [2.45, 2.75) is 115 Å². The highest BCUT2D eigenvalue weighted by Gasteiger charge is 2.59. The van der Waals surface area contributed by atoms with Crippen LogP contribution in [0.1, 0.15) is 61.3 Å². The number of nitrogens with zero attached hydrogens (tertiary/aromatic N) is 3. The summed E-state index contributed by atoms with van der Waals surface area (Å²) in [6, 6.07) is -0.583. The SMILES string of the molecule is C=CC1OC(=O)/C(C)=C/[C@H](C)[C@@H](O[C@H]2O[C@@H](C)C[C@@H](N(C)C)C2O)[C@@](C)(OC)C[C@@H](C)C2=NCCN3C(=O)O[C@@]1(C)[C@H]3[C@H]2C. The topological polar surface area (TPSA) is 119 Å². The Morgan fingerprint density at radius 1 is 1.20 bits per heavy atom. The van der Waals surface area contributed by atoms with E-state index in [0.29, 0.717) is 31.5 Å². The number of methoxy groups -OCH3 is 1. The van der Waals surface area contributed by atoms with Crippen molar-refractivity contribution >= 4 is 17.8 Å². The maximum Gasteiger partial charge on any atom is 0.411 e. The molecule has 0 radical (unpaired) electrons. The second-order valence-electron chi connectivity index (χ2n) is 13.8. The summed E-state index contributed by atoms with van der Waals surface area (Å²) in [6.45, 7) is 18.4. The molecule has 12 atom stereocenters. The van der Waals surface area contributed by atoms with Crippen molar-refractivity contribution < 1.29 is 38.4 Å². The number of likely N-dealkylation sites (N-methyl/N-ethyl adjacent to an activating group) is 1. The quantitative estimate of drug-likeness (QED) is 0.364. The van der Waals surface area contributed by atoms with Gasteiger partial charge in [-0.2, -0.15) is 0 Å². The number of cyclic esters (lactones) is 1. The van der Waals surface area contributed by atoms with Gasteiger partial charge in [0.2, 0.25) is 0 Å². The van der Waals surface area contributed by atoms with Crippen molar-refractivity contribution in [2.24, 2.45) is 22.7 Å². The highest BCUT2D eigenvalue weighted by molar-refractivity contribution is 5.91. The average Bonchev–Trinajstić information content (AvgIpc) is 3.08. The van der Waals surface area contributed by atoms with E-state index in [-0.39, 0.29) is 29.9 Å². The minimum atomic E-state index is -1.17. The number of carbonyl (C=O) groups excluding carboxylic acids is 2. The second kappa shape index (κ2) is 13.2. The first-order valence-corrected chi connectivity index (χ1v) is 15.8. The summed E-state index contributed by atoms with van der Waals surface area (Å²) >= 11 is 0. The minimum absolute atomic E-state index is 0.0726. The third kappa shape index (κ3) is 6.35. The van der Waals surface area contributed by atoms with Gasteiger partial charge in [0.1, 0.15) is 6.10 Å². The molecule has 4 aliphatic heterocycles. The summed E-state index contributed by atoms with van der Waals surface area (Å²) in [5.41, 5.74) is -0.750. The highest BCUT2D eigenvalue weighted by Crippen LogP contribution is 2.43. The van der Waals surface area contributed by atoms with Gasteiger partial charge in [-0.05, 0) is 66.6 Å². The standard InChI is InChI=1S/C33H53N3O8/c1-12-24-33(8)27-22(6)25(34-13-14-36(27)31(39)44-33)20(4)17-32(7,40-11)28(18(2)15-19(3)29(38)42-24)43-30-26(37)23(35(9)10)16-21(5)41-30/h12,15,18,20-24,26-28,30,37H,1,13-14,16-17H2,2-11H3/b19-15+/t18-,20+,21-,22-,23+,24?,26?,27+,28+,30+,32-,33+/m0/s1. The molecule has 2 unspecified atom stereocenters. The van der Waals surface area contributed by atoms with E-state index in [1.807, 2.05) is 59.7 Å². The van der Waals surface area contributed by atoms with Crippen LogP contribution in [-0.2, 0) is 28.5 Å². The fourth-order valence-electron chi connectivity index (χ4n) is 7.96. The predicted molar refractivity (Wildman–Crippen MR) is 166 cm³/mol. The summed E-state index contributed by atoms with van der Waals surface area (Å²) < 4.78 is 31.2. The van der Waals surface area contributed by atoms with E-state index in [0.717, 1.165) is 5.71 Å². The molecule has 11 nitrogen and oxygen atoms in total. The molecule has 0 aliphatic carbocycles. The number of aliphatic hydroxyl groups is 1. The van der Waals surface area contributed by atoms with E-state index >= 15 is 0 Å². The molecule has 2 fully saturated rings. The van der Waals surface area contributed by atoms with Crippen LogP contribution in [0.25, 0.3) is 0 Å². The predicted octanol–water partition coefficient (Wildman–Crippen LogP) is 3.59. The van der Waals surface area contributed by atoms with Gasteiger partial charge in [0, 0.05) is 42.8 Å². The maximum atomic E-state index is 13.6. The summed E-state index contributed by atoms with van der Waals surface area (Å²) in [4.78, 5) is 35.4.